The smallest absolute Gasteiger partial charge is 0.251 e. The Morgan fingerprint density at radius 3 is 2.38 bits per heavy atom. The number of thiophene rings is 1. The van der Waals surface area contributed by atoms with Crippen LogP contribution in [0.1, 0.15) is 31.9 Å². The van der Waals surface area contributed by atoms with E-state index in [0.717, 1.165) is 53.7 Å². The standard InChI is InChI=1S/C30H33N7O2S/c31-19-22-4-6-23(7-5-22)20-34-29(39)24-8-9-25(27(17-24)35-28(38)18-26-3-1-16-40-26)21-36-12-14-37(15-13-36)30-32-10-2-11-33-30/h1-11,16-17H,12-15,18-21,31H2,(H,34,39)(H,35,38). The lowest BCUT2D eigenvalue weighted by molar-refractivity contribution is -0.115. The maximum Gasteiger partial charge on any atom is 0.251 e. The number of anilines is 2. The molecule has 206 valence electrons. The normalized spacial score (nSPS) is 13.7. The SMILES string of the molecule is NCc1ccc(CNC(=O)c2ccc(CN3CCN(c4ncccn4)CC3)c(NC(=O)Cc3cccs3)c2)cc1. The van der Waals surface area contributed by atoms with Gasteiger partial charge in [0.05, 0.1) is 6.42 Å². The maximum absolute atomic E-state index is 13.0. The first kappa shape index (κ1) is 27.4. The van der Waals surface area contributed by atoms with Crippen molar-refractivity contribution in [3.8, 4) is 0 Å². The highest BCUT2D eigenvalue weighted by Crippen LogP contribution is 2.22. The molecule has 0 saturated carbocycles. The number of amides is 2. The van der Waals surface area contributed by atoms with Gasteiger partial charge < -0.3 is 21.3 Å². The summed E-state index contributed by atoms with van der Waals surface area (Å²) in [5.41, 5.74) is 9.85. The van der Waals surface area contributed by atoms with Crippen molar-refractivity contribution in [2.24, 2.45) is 5.73 Å². The zero-order valence-corrected chi connectivity index (χ0v) is 23.1. The van der Waals surface area contributed by atoms with Crippen LogP contribution in [0.3, 0.4) is 0 Å². The fourth-order valence-electron chi connectivity index (χ4n) is 4.62. The first-order valence-corrected chi connectivity index (χ1v) is 14.2. The van der Waals surface area contributed by atoms with Crippen molar-refractivity contribution in [1.82, 2.24) is 20.2 Å². The lowest BCUT2D eigenvalue weighted by Gasteiger charge is -2.35. The quantitative estimate of drug-likeness (QED) is 0.275. The average Bonchev–Trinajstić information content (AvgIpc) is 3.51. The molecule has 0 spiro atoms. The van der Waals surface area contributed by atoms with E-state index in [1.807, 2.05) is 60.0 Å². The minimum absolute atomic E-state index is 0.104. The summed E-state index contributed by atoms with van der Waals surface area (Å²) in [5.74, 6) is 0.446. The Hall–Kier alpha value is -4.12. The van der Waals surface area contributed by atoms with E-state index in [9.17, 15) is 9.59 Å². The summed E-state index contributed by atoms with van der Waals surface area (Å²) in [6.45, 7) is 4.86. The topological polar surface area (TPSA) is 116 Å². The number of benzene rings is 2. The van der Waals surface area contributed by atoms with Crippen molar-refractivity contribution in [2.45, 2.75) is 26.1 Å². The van der Waals surface area contributed by atoms with E-state index in [-0.39, 0.29) is 11.8 Å². The molecule has 0 unspecified atom stereocenters. The third kappa shape index (κ3) is 7.29. The Kier molecular flexibility index (Phi) is 9.12. The van der Waals surface area contributed by atoms with E-state index < -0.39 is 0 Å². The third-order valence-corrected chi connectivity index (χ3v) is 7.75. The van der Waals surface area contributed by atoms with Gasteiger partial charge in [0.15, 0.2) is 0 Å². The van der Waals surface area contributed by atoms with Crippen LogP contribution >= 0.6 is 11.3 Å². The number of piperazine rings is 1. The van der Waals surface area contributed by atoms with Gasteiger partial charge in [-0.25, -0.2) is 9.97 Å². The lowest BCUT2D eigenvalue weighted by Crippen LogP contribution is -2.46. The predicted molar refractivity (Wildman–Crippen MR) is 158 cm³/mol. The Labute approximate surface area is 238 Å². The molecule has 4 aromatic rings. The molecule has 1 saturated heterocycles. The van der Waals surface area contributed by atoms with Gasteiger partial charge in [0, 0.05) is 74.3 Å². The summed E-state index contributed by atoms with van der Waals surface area (Å²) in [7, 11) is 0. The van der Waals surface area contributed by atoms with Crippen LogP contribution in [0.15, 0.2) is 78.4 Å². The van der Waals surface area contributed by atoms with Gasteiger partial charge >= 0.3 is 0 Å². The second-order valence-electron chi connectivity index (χ2n) is 9.69. The number of nitrogens with two attached hydrogens (primary N) is 1. The van der Waals surface area contributed by atoms with Crippen LogP contribution < -0.4 is 21.3 Å². The molecule has 1 aliphatic heterocycles. The fourth-order valence-corrected chi connectivity index (χ4v) is 5.32. The largest absolute Gasteiger partial charge is 0.348 e. The number of hydrogen-bond donors (Lipinski definition) is 3. The van der Waals surface area contributed by atoms with Crippen LogP contribution in [0, 0.1) is 0 Å². The van der Waals surface area contributed by atoms with Crippen molar-refractivity contribution in [3.63, 3.8) is 0 Å². The minimum atomic E-state index is -0.195. The zero-order chi connectivity index (χ0) is 27.7. The summed E-state index contributed by atoms with van der Waals surface area (Å²) < 4.78 is 0. The third-order valence-electron chi connectivity index (χ3n) is 6.87. The molecule has 10 heteroatoms. The molecule has 0 atom stereocenters. The molecule has 9 nitrogen and oxygen atoms in total. The van der Waals surface area contributed by atoms with Crippen LogP contribution in [-0.2, 0) is 30.8 Å². The van der Waals surface area contributed by atoms with E-state index in [1.54, 1.807) is 29.8 Å². The molecule has 3 heterocycles. The minimum Gasteiger partial charge on any atom is -0.348 e. The molecule has 2 aromatic carbocycles. The Bertz CT molecular complexity index is 1400. The first-order chi connectivity index (χ1) is 19.6. The molecule has 40 heavy (non-hydrogen) atoms. The number of rotatable bonds is 10. The van der Waals surface area contributed by atoms with Gasteiger partial charge in [-0.3, -0.25) is 14.5 Å². The van der Waals surface area contributed by atoms with E-state index in [1.165, 1.54) is 0 Å². The van der Waals surface area contributed by atoms with E-state index in [4.69, 9.17) is 5.73 Å². The molecule has 1 fully saturated rings. The van der Waals surface area contributed by atoms with Crippen molar-refractivity contribution >= 4 is 34.8 Å². The van der Waals surface area contributed by atoms with E-state index in [0.29, 0.717) is 37.3 Å². The second kappa shape index (κ2) is 13.3. The van der Waals surface area contributed by atoms with Crippen LogP contribution in [0.25, 0.3) is 0 Å². The van der Waals surface area contributed by atoms with E-state index in [2.05, 4.69) is 30.4 Å². The van der Waals surface area contributed by atoms with Gasteiger partial charge in [0.2, 0.25) is 11.9 Å². The van der Waals surface area contributed by atoms with Gasteiger partial charge in [0.1, 0.15) is 0 Å². The summed E-state index contributed by atoms with van der Waals surface area (Å²) >= 11 is 1.55. The molecule has 0 radical (unpaired) electrons. The lowest BCUT2D eigenvalue weighted by atomic mass is 10.1. The number of nitrogens with one attached hydrogen (secondary N) is 2. The Morgan fingerprint density at radius 2 is 1.68 bits per heavy atom. The maximum atomic E-state index is 13.0. The van der Waals surface area contributed by atoms with Gasteiger partial charge in [-0.15, -0.1) is 11.3 Å². The van der Waals surface area contributed by atoms with E-state index >= 15 is 0 Å². The number of carbonyl (C=O) groups excluding carboxylic acids is 2. The van der Waals surface area contributed by atoms with Gasteiger partial charge in [-0.2, -0.15) is 0 Å². The number of carbonyl (C=O) groups is 2. The van der Waals surface area contributed by atoms with Crippen LogP contribution in [-0.4, -0.2) is 52.9 Å². The molecule has 2 amide bonds. The summed E-state index contributed by atoms with van der Waals surface area (Å²) in [4.78, 5) is 40.2. The average molecular weight is 556 g/mol. The summed E-state index contributed by atoms with van der Waals surface area (Å²) in [6, 6.07) is 19.1. The molecule has 2 aromatic heterocycles. The Morgan fingerprint density at radius 1 is 0.925 bits per heavy atom. The van der Waals surface area contributed by atoms with Crippen LogP contribution in [0.5, 0.6) is 0 Å². The highest BCUT2D eigenvalue weighted by atomic mass is 32.1. The summed E-state index contributed by atoms with van der Waals surface area (Å²) in [6.07, 6.45) is 3.81. The molecule has 0 bridgehead atoms. The van der Waals surface area contributed by atoms with Crippen LogP contribution in [0.4, 0.5) is 11.6 Å². The first-order valence-electron chi connectivity index (χ1n) is 13.3. The molecule has 4 N–H and O–H groups in total. The van der Waals surface area contributed by atoms with Crippen molar-refractivity contribution in [1.29, 1.82) is 0 Å². The molecule has 1 aliphatic rings. The van der Waals surface area contributed by atoms with Gasteiger partial charge in [0.25, 0.3) is 5.91 Å². The molecule has 5 rings (SSSR count). The van der Waals surface area contributed by atoms with Gasteiger partial charge in [-0.1, -0.05) is 36.4 Å². The zero-order valence-electron chi connectivity index (χ0n) is 22.3. The monoisotopic (exact) mass is 555 g/mol. The highest BCUT2D eigenvalue weighted by Gasteiger charge is 2.21. The van der Waals surface area contributed by atoms with Gasteiger partial charge in [-0.05, 0) is 46.3 Å². The number of aromatic nitrogens is 2. The second-order valence-corrected chi connectivity index (χ2v) is 10.7. The molecule has 0 aliphatic carbocycles. The van der Waals surface area contributed by atoms with Crippen molar-refractivity contribution in [3.05, 3.63) is 106 Å². The highest BCUT2D eigenvalue weighted by molar-refractivity contribution is 7.10. The van der Waals surface area contributed by atoms with Crippen molar-refractivity contribution in [2.75, 3.05) is 36.4 Å². The summed E-state index contributed by atoms with van der Waals surface area (Å²) in [5, 5.41) is 8.02. The molecular weight excluding hydrogens is 522 g/mol. The fraction of sp³-hybridized carbons (Fsp3) is 0.267. The number of hydrogen-bond acceptors (Lipinski definition) is 8. The Balaban J connectivity index is 1.27. The van der Waals surface area contributed by atoms with Crippen LogP contribution in [0.2, 0.25) is 0 Å². The number of nitrogens with zero attached hydrogens (tertiary/aromatic N) is 4. The molecular formula is C30H33N7O2S. The predicted octanol–water partition coefficient (Wildman–Crippen LogP) is 3.43. The van der Waals surface area contributed by atoms with Crippen molar-refractivity contribution < 1.29 is 9.59 Å².